The number of hydrogen-bond donors (Lipinski definition) is 4. The summed E-state index contributed by atoms with van der Waals surface area (Å²) in [5.41, 5.74) is 5.33. The van der Waals surface area contributed by atoms with Gasteiger partial charge in [-0.15, -0.1) is 0 Å². The van der Waals surface area contributed by atoms with Gasteiger partial charge in [0.05, 0.1) is 18.8 Å². The van der Waals surface area contributed by atoms with Gasteiger partial charge in [0.1, 0.15) is 6.10 Å². The third-order valence-corrected chi connectivity index (χ3v) is 2.70. The maximum absolute atomic E-state index is 11.0. The lowest BCUT2D eigenvalue weighted by atomic mass is 9.96. The maximum atomic E-state index is 11.0. The summed E-state index contributed by atoms with van der Waals surface area (Å²) in [6.07, 6.45) is -1.79. The molecule has 0 spiro atoms. The highest BCUT2D eigenvalue weighted by Gasteiger charge is 2.23. The number of rotatable bonds is 6. The molecule has 1 aromatic carbocycles. The zero-order valence-electron chi connectivity index (χ0n) is 10.0. The summed E-state index contributed by atoms with van der Waals surface area (Å²) < 4.78 is 4.86. The molecule has 5 N–H and O–H groups in total. The second kappa shape index (κ2) is 6.34. The molecular formula is C12H17NO5. The number of methoxy groups -OCH3 is 1. The van der Waals surface area contributed by atoms with E-state index < -0.39 is 12.2 Å². The number of benzene rings is 1. The van der Waals surface area contributed by atoms with Crippen molar-refractivity contribution in [3.05, 3.63) is 23.3 Å². The van der Waals surface area contributed by atoms with E-state index in [4.69, 9.17) is 10.5 Å². The van der Waals surface area contributed by atoms with Crippen molar-refractivity contribution in [2.24, 2.45) is 5.73 Å². The Labute approximate surface area is 105 Å². The van der Waals surface area contributed by atoms with E-state index in [1.165, 1.54) is 19.2 Å². The van der Waals surface area contributed by atoms with Crippen LogP contribution in [-0.2, 0) is 0 Å². The Hall–Kier alpha value is -1.63. The summed E-state index contributed by atoms with van der Waals surface area (Å²) in [6, 6.07) is 2.84. The predicted octanol–water partition coefficient (Wildman–Crippen LogP) is -0.0436. The normalized spacial score (nSPS) is 14.0. The molecule has 0 saturated heterocycles. The molecule has 1 aromatic rings. The average Bonchev–Trinajstić information content (AvgIpc) is 2.37. The van der Waals surface area contributed by atoms with Crippen LogP contribution < -0.4 is 10.5 Å². The molecule has 0 aliphatic carbocycles. The summed E-state index contributed by atoms with van der Waals surface area (Å²) in [5.74, 6) is -0.231. The second-order valence-electron chi connectivity index (χ2n) is 3.83. The first-order valence-corrected chi connectivity index (χ1v) is 5.48. The van der Waals surface area contributed by atoms with Crippen molar-refractivity contribution in [2.75, 3.05) is 13.7 Å². The predicted molar refractivity (Wildman–Crippen MR) is 64.7 cm³/mol. The molecule has 0 bridgehead atoms. The molecule has 0 aliphatic heterocycles. The molecule has 6 nitrogen and oxygen atoms in total. The molecule has 0 fully saturated rings. The van der Waals surface area contributed by atoms with Gasteiger partial charge in [-0.1, -0.05) is 6.07 Å². The van der Waals surface area contributed by atoms with Crippen molar-refractivity contribution in [3.63, 3.8) is 0 Å². The quantitative estimate of drug-likeness (QED) is 0.530. The molecular weight excluding hydrogens is 238 g/mol. The number of aliphatic hydroxyl groups is 2. The van der Waals surface area contributed by atoms with Crippen molar-refractivity contribution in [2.45, 2.75) is 18.6 Å². The van der Waals surface area contributed by atoms with Crippen LogP contribution in [0.1, 0.15) is 28.4 Å². The molecule has 2 unspecified atom stereocenters. The molecule has 100 valence electrons. The first kappa shape index (κ1) is 14.4. The van der Waals surface area contributed by atoms with E-state index in [0.29, 0.717) is 6.29 Å². The minimum Gasteiger partial charge on any atom is -0.504 e. The number of ether oxygens (including phenoxy) is 1. The lowest BCUT2D eigenvalue weighted by Gasteiger charge is -2.20. The van der Waals surface area contributed by atoms with E-state index in [1.54, 1.807) is 0 Å². The van der Waals surface area contributed by atoms with E-state index in [-0.39, 0.29) is 35.6 Å². The van der Waals surface area contributed by atoms with E-state index in [2.05, 4.69) is 0 Å². The lowest BCUT2D eigenvalue weighted by Crippen LogP contribution is -2.22. The van der Waals surface area contributed by atoms with E-state index in [9.17, 15) is 20.1 Å². The van der Waals surface area contributed by atoms with Crippen LogP contribution >= 0.6 is 0 Å². The van der Waals surface area contributed by atoms with Crippen molar-refractivity contribution in [3.8, 4) is 11.5 Å². The second-order valence-corrected chi connectivity index (χ2v) is 3.83. The molecule has 18 heavy (non-hydrogen) atoms. The van der Waals surface area contributed by atoms with Gasteiger partial charge in [0.2, 0.25) is 0 Å². The number of hydrogen-bond acceptors (Lipinski definition) is 6. The highest BCUT2D eigenvalue weighted by Crippen LogP contribution is 2.34. The van der Waals surface area contributed by atoms with Gasteiger partial charge in [-0.25, -0.2) is 0 Å². The summed E-state index contributed by atoms with van der Waals surface area (Å²) in [4.78, 5) is 11.0. The summed E-state index contributed by atoms with van der Waals surface area (Å²) >= 11 is 0. The fourth-order valence-electron chi connectivity index (χ4n) is 1.69. The standard InChI is InChI=1S/C12H17NO5/c1-18-10-3-2-7(8(6-14)12(10)17)11(16)9(15)4-5-13/h2-3,6,9,11,15-17H,4-5,13H2,1H3. The summed E-state index contributed by atoms with van der Waals surface area (Å²) in [6.45, 7) is 0.205. The monoisotopic (exact) mass is 255 g/mol. The molecule has 0 saturated carbocycles. The van der Waals surface area contributed by atoms with Crippen molar-refractivity contribution in [1.29, 1.82) is 0 Å². The minimum absolute atomic E-state index is 0.0991. The van der Waals surface area contributed by atoms with Gasteiger partial charge < -0.3 is 25.8 Å². The van der Waals surface area contributed by atoms with Crippen molar-refractivity contribution in [1.82, 2.24) is 0 Å². The topological polar surface area (TPSA) is 113 Å². The first-order chi connectivity index (χ1) is 8.56. The Bertz CT molecular complexity index is 421. The molecule has 0 aromatic heterocycles. The van der Waals surface area contributed by atoms with Gasteiger partial charge in [-0.05, 0) is 24.6 Å². The van der Waals surface area contributed by atoms with Crippen LogP contribution in [0, 0.1) is 0 Å². The third-order valence-electron chi connectivity index (χ3n) is 2.70. The van der Waals surface area contributed by atoms with Crippen molar-refractivity contribution >= 4 is 6.29 Å². The van der Waals surface area contributed by atoms with Gasteiger partial charge in [0.15, 0.2) is 17.8 Å². The van der Waals surface area contributed by atoms with E-state index >= 15 is 0 Å². The van der Waals surface area contributed by atoms with Crippen LogP contribution in [0.2, 0.25) is 0 Å². The fraction of sp³-hybridized carbons (Fsp3) is 0.417. The zero-order valence-corrected chi connectivity index (χ0v) is 10.0. The Morgan fingerprint density at radius 1 is 1.44 bits per heavy atom. The molecule has 0 aliphatic rings. The van der Waals surface area contributed by atoms with Crippen LogP contribution in [0.4, 0.5) is 0 Å². The SMILES string of the molecule is COc1ccc(C(O)C(O)CCN)c(C=O)c1O. The number of aromatic hydroxyl groups is 1. The number of carbonyl (C=O) groups excluding carboxylic acids is 1. The molecule has 0 radical (unpaired) electrons. The summed E-state index contributed by atoms with van der Waals surface area (Å²) in [5, 5.41) is 29.3. The van der Waals surface area contributed by atoms with Crippen LogP contribution in [0.25, 0.3) is 0 Å². The first-order valence-electron chi connectivity index (χ1n) is 5.48. The third kappa shape index (κ3) is 2.79. The number of phenols is 1. The molecule has 0 heterocycles. The van der Waals surface area contributed by atoms with Gasteiger partial charge in [0.25, 0.3) is 0 Å². The fourth-order valence-corrected chi connectivity index (χ4v) is 1.69. The largest absolute Gasteiger partial charge is 0.504 e. The molecule has 6 heteroatoms. The summed E-state index contributed by atoms with van der Waals surface area (Å²) in [7, 11) is 1.35. The van der Waals surface area contributed by atoms with Crippen LogP contribution in [0.5, 0.6) is 11.5 Å². The number of nitrogens with two attached hydrogens (primary N) is 1. The van der Waals surface area contributed by atoms with Crippen molar-refractivity contribution < 1.29 is 24.9 Å². The average molecular weight is 255 g/mol. The van der Waals surface area contributed by atoms with Gasteiger partial charge in [-0.2, -0.15) is 0 Å². The van der Waals surface area contributed by atoms with Crippen LogP contribution in [-0.4, -0.2) is 41.4 Å². The van der Waals surface area contributed by atoms with E-state index in [1.807, 2.05) is 0 Å². The Kier molecular flexibility index (Phi) is 5.08. The van der Waals surface area contributed by atoms with Gasteiger partial charge in [-0.3, -0.25) is 4.79 Å². The highest BCUT2D eigenvalue weighted by atomic mass is 16.5. The minimum atomic E-state index is -1.29. The molecule has 2 atom stereocenters. The maximum Gasteiger partial charge on any atom is 0.168 e. The number of aldehydes is 1. The van der Waals surface area contributed by atoms with Crippen LogP contribution in [0.3, 0.4) is 0 Å². The highest BCUT2D eigenvalue weighted by molar-refractivity contribution is 5.83. The number of aliphatic hydroxyl groups excluding tert-OH is 2. The molecule has 0 amide bonds. The zero-order chi connectivity index (χ0) is 13.7. The van der Waals surface area contributed by atoms with Crippen LogP contribution in [0.15, 0.2) is 12.1 Å². The van der Waals surface area contributed by atoms with E-state index in [0.717, 1.165) is 0 Å². The molecule has 1 rings (SSSR count). The van der Waals surface area contributed by atoms with Gasteiger partial charge >= 0.3 is 0 Å². The Balaban J connectivity index is 3.16. The smallest absolute Gasteiger partial charge is 0.168 e. The number of carbonyl (C=O) groups is 1. The Morgan fingerprint density at radius 3 is 2.61 bits per heavy atom. The van der Waals surface area contributed by atoms with Gasteiger partial charge in [0, 0.05) is 0 Å². The number of phenolic OH excluding ortho intramolecular Hbond substituents is 1. The Morgan fingerprint density at radius 2 is 2.11 bits per heavy atom. The lowest BCUT2D eigenvalue weighted by molar-refractivity contribution is 0.0145.